The van der Waals surface area contributed by atoms with Gasteiger partial charge < -0.3 is 9.80 Å². The van der Waals surface area contributed by atoms with Crippen molar-refractivity contribution in [2.45, 2.75) is 0 Å². The number of para-hydroxylation sites is 1. The molecular formula is C76H49BN4. The van der Waals surface area contributed by atoms with Crippen molar-refractivity contribution >= 4 is 89.7 Å². The van der Waals surface area contributed by atoms with Crippen LogP contribution in [0.4, 0.5) is 34.1 Å². The van der Waals surface area contributed by atoms with Gasteiger partial charge in [-0.05, 0) is 155 Å². The molecule has 16 rings (SSSR count). The average Bonchev–Trinajstić information content (AvgIpc) is 3.72. The van der Waals surface area contributed by atoms with Crippen LogP contribution in [-0.4, -0.2) is 16.7 Å². The van der Waals surface area contributed by atoms with Gasteiger partial charge in [-0.15, -0.1) is 0 Å². The van der Waals surface area contributed by atoms with E-state index in [-0.39, 0.29) is 6.71 Å². The summed E-state index contributed by atoms with van der Waals surface area (Å²) in [5.41, 5.74) is 23.3. The fourth-order valence-corrected chi connectivity index (χ4v) is 12.7. The van der Waals surface area contributed by atoms with Gasteiger partial charge in [0.05, 0.1) is 11.2 Å². The van der Waals surface area contributed by atoms with Crippen molar-refractivity contribution < 1.29 is 0 Å². The zero-order chi connectivity index (χ0) is 53.4. The van der Waals surface area contributed by atoms with Crippen LogP contribution >= 0.6 is 0 Å². The van der Waals surface area contributed by atoms with E-state index < -0.39 is 0 Å². The normalized spacial score (nSPS) is 12.4. The van der Waals surface area contributed by atoms with Crippen LogP contribution in [0.2, 0.25) is 0 Å². The van der Waals surface area contributed by atoms with E-state index >= 15 is 0 Å². The lowest BCUT2D eigenvalue weighted by molar-refractivity contribution is 1.22. The fraction of sp³-hybridized carbons (Fsp3) is 0. The molecule has 3 heterocycles. The molecule has 0 amide bonds. The van der Waals surface area contributed by atoms with Gasteiger partial charge >= 0.3 is 0 Å². The van der Waals surface area contributed by atoms with Gasteiger partial charge in [-0.1, -0.05) is 224 Å². The van der Waals surface area contributed by atoms with E-state index in [1.807, 2.05) is 0 Å². The van der Waals surface area contributed by atoms with Crippen LogP contribution in [0.1, 0.15) is 0 Å². The minimum Gasteiger partial charge on any atom is -0.311 e. The first-order chi connectivity index (χ1) is 40.1. The number of fused-ring (bicyclic) bond motifs is 7. The van der Waals surface area contributed by atoms with Crippen LogP contribution in [0, 0.1) is 0 Å². The first-order valence-corrected chi connectivity index (χ1v) is 27.8. The Labute approximate surface area is 471 Å². The molecule has 0 spiro atoms. The molecule has 0 fully saturated rings. The summed E-state index contributed by atoms with van der Waals surface area (Å²) >= 11 is 0. The van der Waals surface area contributed by atoms with Crippen molar-refractivity contribution in [1.29, 1.82) is 0 Å². The third-order valence-corrected chi connectivity index (χ3v) is 16.5. The van der Waals surface area contributed by atoms with Crippen molar-refractivity contribution in [3.8, 4) is 67.2 Å². The number of rotatable bonds is 8. The van der Waals surface area contributed by atoms with Crippen LogP contribution < -0.4 is 26.2 Å². The highest BCUT2D eigenvalue weighted by Crippen LogP contribution is 2.48. The molecule has 5 heteroatoms. The maximum atomic E-state index is 5.78. The molecule has 1 aromatic heterocycles. The van der Waals surface area contributed by atoms with Crippen LogP contribution in [-0.2, 0) is 0 Å². The van der Waals surface area contributed by atoms with Gasteiger partial charge in [0, 0.05) is 50.6 Å². The van der Waals surface area contributed by atoms with E-state index in [0.717, 1.165) is 84.1 Å². The van der Waals surface area contributed by atoms with Crippen LogP contribution in [0.3, 0.4) is 0 Å². The van der Waals surface area contributed by atoms with Crippen molar-refractivity contribution in [3.05, 3.63) is 297 Å². The maximum absolute atomic E-state index is 5.78. The smallest absolute Gasteiger partial charge is 0.252 e. The highest BCUT2D eigenvalue weighted by molar-refractivity contribution is 7.00. The second kappa shape index (κ2) is 19.1. The molecule has 0 aliphatic carbocycles. The van der Waals surface area contributed by atoms with Crippen molar-refractivity contribution in [2.24, 2.45) is 0 Å². The first kappa shape index (κ1) is 46.5. The zero-order valence-electron chi connectivity index (χ0n) is 44.2. The maximum Gasteiger partial charge on any atom is 0.252 e. The Morgan fingerprint density at radius 2 is 0.630 bits per heavy atom. The number of benzene rings is 13. The molecular weight excluding hydrogens is 980 g/mol. The van der Waals surface area contributed by atoms with Crippen LogP contribution in [0.15, 0.2) is 297 Å². The van der Waals surface area contributed by atoms with E-state index in [9.17, 15) is 0 Å². The molecule has 0 atom stereocenters. The molecule has 0 saturated heterocycles. The minimum absolute atomic E-state index is 0.113. The Hall–Kier alpha value is -10.6. The molecule has 0 bridgehead atoms. The predicted octanol–water partition coefficient (Wildman–Crippen LogP) is 18.0. The third-order valence-electron chi connectivity index (χ3n) is 16.5. The summed E-state index contributed by atoms with van der Waals surface area (Å²) in [6, 6.07) is 108. The van der Waals surface area contributed by atoms with E-state index in [4.69, 9.17) is 9.97 Å². The average molecular weight is 1030 g/mol. The topological polar surface area (TPSA) is 32.3 Å². The third kappa shape index (κ3) is 8.01. The molecule has 13 aromatic carbocycles. The van der Waals surface area contributed by atoms with E-state index in [2.05, 4.69) is 307 Å². The summed E-state index contributed by atoms with van der Waals surface area (Å²) in [6.45, 7) is -0.113. The molecule has 376 valence electrons. The SMILES string of the molecule is c1ccc(-c2ccc(N3c4cc5ccccc5cc4B4c5cc6ccccc6cc5N(c5ccc(-c6ccccc6)cc5)c5cc(-c6nc(-c7cc(-c8ccccc8)cc(-c8ccccc8)c7)nc7ccccc67)cc3c54)cc2)cc1. The number of hydrogen-bond donors (Lipinski definition) is 0. The molecule has 0 saturated carbocycles. The molecule has 0 N–H and O–H groups in total. The van der Waals surface area contributed by atoms with Crippen molar-refractivity contribution in [1.82, 2.24) is 9.97 Å². The largest absolute Gasteiger partial charge is 0.311 e. The molecule has 0 unspecified atom stereocenters. The summed E-state index contributed by atoms with van der Waals surface area (Å²) < 4.78 is 0. The number of anilines is 6. The van der Waals surface area contributed by atoms with Crippen molar-refractivity contribution in [2.75, 3.05) is 9.80 Å². The Morgan fingerprint density at radius 1 is 0.259 bits per heavy atom. The van der Waals surface area contributed by atoms with E-state index in [1.165, 1.54) is 60.2 Å². The second-order valence-electron chi connectivity index (χ2n) is 21.3. The summed E-state index contributed by atoms with van der Waals surface area (Å²) in [5.74, 6) is 0.665. The van der Waals surface area contributed by atoms with E-state index in [1.54, 1.807) is 0 Å². The predicted molar refractivity (Wildman–Crippen MR) is 341 cm³/mol. The Morgan fingerprint density at radius 3 is 1.09 bits per heavy atom. The first-order valence-electron chi connectivity index (χ1n) is 27.8. The van der Waals surface area contributed by atoms with Crippen LogP contribution in [0.5, 0.6) is 0 Å². The summed E-state index contributed by atoms with van der Waals surface area (Å²) in [6.07, 6.45) is 0. The molecule has 81 heavy (non-hydrogen) atoms. The molecule has 4 nitrogen and oxygen atoms in total. The summed E-state index contributed by atoms with van der Waals surface area (Å²) in [5, 5.41) is 5.79. The highest BCUT2D eigenvalue weighted by atomic mass is 15.2. The monoisotopic (exact) mass is 1030 g/mol. The molecule has 0 radical (unpaired) electrons. The fourth-order valence-electron chi connectivity index (χ4n) is 12.7. The van der Waals surface area contributed by atoms with Gasteiger partial charge in [0.15, 0.2) is 5.82 Å². The quantitative estimate of drug-likeness (QED) is 0.142. The Kier molecular flexibility index (Phi) is 11.0. The Bertz CT molecular complexity index is 4490. The summed E-state index contributed by atoms with van der Waals surface area (Å²) in [4.78, 5) is 16.3. The molecule has 2 aliphatic rings. The van der Waals surface area contributed by atoms with Gasteiger partial charge in [-0.25, -0.2) is 9.97 Å². The molecule has 14 aromatic rings. The minimum atomic E-state index is -0.113. The van der Waals surface area contributed by atoms with Gasteiger partial charge in [0.25, 0.3) is 6.71 Å². The lowest BCUT2D eigenvalue weighted by Crippen LogP contribution is -2.61. The standard InChI is InChI=1S/C76H49BN4/c1-5-19-50(20-6-1)54-33-37-64(38-34-54)80-70-46-58-29-15-13-27-56(58)44-67(70)77-68-45-57-28-14-16-30-59(57)47-71(68)81(65-39-35-55(36-40-65)51-21-7-2-8-22-51)73-49-62(48-72(80)74(73)77)75-66-31-17-18-32-69(66)78-76(79-75)63-42-60(52-23-9-3-10-24-52)41-61(43-63)53-25-11-4-12-26-53/h1-49H. The lowest BCUT2D eigenvalue weighted by atomic mass is 9.33. The van der Waals surface area contributed by atoms with Crippen molar-refractivity contribution in [3.63, 3.8) is 0 Å². The lowest BCUT2D eigenvalue weighted by Gasteiger charge is -2.44. The van der Waals surface area contributed by atoms with Gasteiger partial charge in [-0.2, -0.15) is 0 Å². The Balaban J connectivity index is 0.996. The zero-order valence-corrected chi connectivity index (χ0v) is 44.2. The molecule has 2 aliphatic heterocycles. The van der Waals surface area contributed by atoms with Gasteiger partial charge in [0.2, 0.25) is 0 Å². The number of aromatic nitrogens is 2. The number of nitrogens with zero attached hydrogens (tertiary/aromatic N) is 4. The summed E-state index contributed by atoms with van der Waals surface area (Å²) in [7, 11) is 0. The highest BCUT2D eigenvalue weighted by Gasteiger charge is 2.44. The second-order valence-corrected chi connectivity index (χ2v) is 21.3. The van der Waals surface area contributed by atoms with Gasteiger partial charge in [0.1, 0.15) is 0 Å². The van der Waals surface area contributed by atoms with E-state index in [0.29, 0.717) is 5.82 Å². The van der Waals surface area contributed by atoms with Crippen LogP contribution in [0.25, 0.3) is 99.6 Å². The number of hydrogen-bond acceptors (Lipinski definition) is 4. The van der Waals surface area contributed by atoms with Gasteiger partial charge in [-0.3, -0.25) is 0 Å².